The highest BCUT2D eigenvalue weighted by atomic mass is 16.2. The minimum Gasteiger partial charge on any atom is -0.340 e. The molecule has 0 spiro atoms. The van der Waals surface area contributed by atoms with E-state index in [9.17, 15) is 9.59 Å². The first kappa shape index (κ1) is 26.1. The number of carbonyl (C=O) groups excluding carboxylic acids is 2. The lowest BCUT2D eigenvalue weighted by Crippen LogP contribution is -2.63. The molecule has 2 saturated heterocycles. The van der Waals surface area contributed by atoms with Gasteiger partial charge < -0.3 is 20.4 Å². The molecule has 0 saturated carbocycles. The highest BCUT2D eigenvalue weighted by Gasteiger charge is 2.42. The smallest absolute Gasteiger partial charge is 0.219 e. The first-order chi connectivity index (χ1) is 13.9. The lowest BCUT2D eigenvalue weighted by molar-refractivity contribution is -0.134. The van der Waals surface area contributed by atoms with Crippen molar-refractivity contribution in [2.45, 2.75) is 136 Å². The second-order valence-corrected chi connectivity index (χ2v) is 12.7. The number of amides is 2. The zero-order valence-electron chi connectivity index (χ0n) is 21.8. The predicted octanol–water partition coefficient (Wildman–Crippen LogP) is 3.69. The molecule has 0 radical (unpaired) electrons. The Labute approximate surface area is 190 Å². The second-order valence-electron chi connectivity index (χ2n) is 12.7. The van der Waals surface area contributed by atoms with E-state index in [4.69, 9.17) is 0 Å². The van der Waals surface area contributed by atoms with E-state index in [0.717, 1.165) is 32.1 Å². The van der Waals surface area contributed by atoms with E-state index in [2.05, 4.69) is 75.8 Å². The monoisotopic (exact) mass is 436 g/mol. The highest BCUT2D eigenvalue weighted by Crippen LogP contribution is 2.33. The summed E-state index contributed by atoms with van der Waals surface area (Å²) in [5.74, 6) is 0.272. The molecule has 2 heterocycles. The van der Waals surface area contributed by atoms with Gasteiger partial charge in [-0.1, -0.05) is 0 Å². The molecule has 2 amide bonds. The Bertz CT molecular complexity index is 580. The SMILES string of the molecule is CC(=O)N(CCCN(C(C)=O)C1CC(C)(C)NC(C)(C)C1)C1CC(C)(C)NC(C)(C)C1. The van der Waals surface area contributed by atoms with Gasteiger partial charge in [-0.15, -0.1) is 0 Å². The van der Waals surface area contributed by atoms with Crippen molar-refractivity contribution in [2.24, 2.45) is 0 Å². The molecule has 2 N–H and O–H groups in total. The number of rotatable bonds is 6. The molecule has 2 rings (SSSR count). The van der Waals surface area contributed by atoms with Gasteiger partial charge in [0.1, 0.15) is 0 Å². The van der Waals surface area contributed by atoms with Crippen LogP contribution in [0.2, 0.25) is 0 Å². The Kier molecular flexibility index (Phi) is 7.59. The maximum absolute atomic E-state index is 12.6. The van der Waals surface area contributed by atoms with Gasteiger partial charge in [0, 0.05) is 61.2 Å². The van der Waals surface area contributed by atoms with E-state index in [1.807, 2.05) is 0 Å². The summed E-state index contributed by atoms with van der Waals surface area (Å²) in [6, 6.07) is 0.456. The summed E-state index contributed by atoms with van der Waals surface area (Å²) in [5.41, 5.74) is -0.00873. The molecule has 0 aromatic rings. The summed E-state index contributed by atoms with van der Waals surface area (Å²) in [6.07, 6.45) is 4.60. The summed E-state index contributed by atoms with van der Waals surface area (Å²) < 4.78 is 0. The lowest BCUT2D eigenvalue weighted by atomic mass is 9.78. The van der Waals surface area contributed by atoms with Crippen LogP contribution in [0.15, 0.2) is 0 Å². The van der Waals surface area contributed by atoms with Gasteiger partial charge in [-0.3, -0.25) is 9.59 Å². The normalized spacial score (nSPS) is 25.1. The van der Waals surface area contributed by atoms with Gasteiger partial charge in [-0.2, -0.15) is 0 Å². The van der Waals surface area contributed by atoms with Gasteiger partial charge in [0.05, 0.1) is 0 Å². The van der Waals surface area contributed by atoms with Crippen molar-refractivity contribution in [3.05, 3.63) is 0 Å². The van der Waals surface area contributed by atoms with Crippen LogP contribution in [-0.4, -0.2) is 68.9 Å². The number of nitrogens with zero attached hydrogens (tertiary/aromatic N) is 2. The van der Waals surface area contributed by atoms with E-state index < -0.39 is 0 Å². The van der Waals surface area contributed by atoms with E-state index >= 15 is 0 Å². The molecule has 6 heteroatoms. The summed E-state index contributed by atoms with van der Waals surface area (Å²) in [5, 5.41) is 7.41. The first-order valence-corrected chi connectivity index (χ1v) is 12.1. The minimum absolute atomic E-state index is 0.00218. The van der Waals surface area contributed by atoms with E-state index in [1.165, 1.54) is 0 Å². The lowest BCUT2D eigenvalue weighted by Gasteiger charge is -2.50. The zero-order valence-corrected chi connectivity index (χ0v) is 21.8. The molecule has 2 aliphatic rings. The highest BCUT2D eigenvalue weighted by molar-refractivity contribution is 5.74. The number of piperidine rings is 2. The van der Waals surface area contributed by atoms with E-state index in [1.54, 1.807) is 13.8 Å². The third-order valence-corrected chi connectivity index (χ3v) is 6.83. The summed E-state index contributed by atoms with van der Waals surface area (Å²) in [4.78, 5) is 29.2. The van der Waals surface area contributed by atoms with Gasteiger partial charge in [0.25, 0.3) is 0 Å². The zero-order chi connectivity index (χ0) is 23.8. The van der Waals surface area contributed by atoms with Crippen molar-refractivity contribution in [3.8, 4) is 0 Å². The molecule has 2 fully saturated rings. The average Bonchev–Trinajstić information content (AvgIpc) is 2.47. The van der Waals surface area contributed by atoms with Gasteiger partial charge >= 0.3 is 0 Å². The number of carbonyl (C=O) groups is 2. The quantitative estimate of drug-likeness (QED) is 0.666. The maximum atomic E-state index is 12.6. The van der Waals surface area contributed by atoms with Crippen LogP contribution in [0.1, 0.15) is 101 Å². The Morgan fingerprint density at radius 3 is 1.13 bits per heavy atom. The Morgan fingerprint density at radius 2 is 0.903 bits per heavy atom. The van der Waals surface area contributed by atoms with Gasteiger partial charge in [-0.05, 0) is 87.5 Å². The summed E-state index contributed by atoms with van der Waals surface area (Å²) in [7, 11) is 0. The van der Waals surface area contributed by atoms with Crippen LogP contribution in [0, 0.1) is 0 Å². The van der Waals surface area contributed by atoms with Crippen LogP contribution >= 0.6 is 0 Å². The third kappa shape index (κ3) is 7.45. The average molecular weight is 437 g/mol. The molecule has 2 aliphatic heterocycles. The molecular weight excluding hydrogens is 388 g/mol. The minimum atomic E-state index is -0.00218. The number of hydrogen-bond donors (Lipinski definition) is 2. The Morgan fingerprint density at radius 1 is 0.645 bits per heavy atom. The molecule has 31 heavy (non-hydrogen) atoms. The number of hydrogen-bond acceptors (Lipinski definition) is 4. The largest absolute Gasteiger partial charge is 0.340 e. The van der Waals surface area contributed by atoms with Crippen molar-refractivity contribution in [1.29, 1.82) is 0 Å². The molecule has 0 bridgehead atoms. The molecule has 180 valence electrons. The molecule has 0 atom stereocenters. The summed E-state index contributed by atoms with van der Waals surface area (Å²) >= 11 is 0. The first-order valence-electron chi connectivity index (χ1n) is 12.1. The molecule has 0 aromatic carbocycles. The Hall–Kier alpha value is -1.14. The van der Waals surface area contributed by atoms with Crippen LogP contribution in [0.25, 0.3) is 0 Å². The topological polar surface area (TPSA) is 64.7 Å². The molecule has 0 aliphatic carbocycles. The van der Waals surface area contributed by atoms with Crippen LogP contribution in [-0.2, 0) is 9.59 Å². The third-order valence-electron chi connectivity index (χ3n) is 6.83. The predicted molar refractivity (Wildman–Crippen MR) is 128 cm³/mol. The van der Waals surface area contributed by atoms with Crippen molar-refractivity contribution in [3.63, 3.8) is 0 Å². The van der Waals surface area contributed by atoms with Gasteiger partial charge in [0.15, 0.2) is 0 Å². The van der Waals surface area contributed by atoms with E-state index in [0.29, 0.717) is 13.1 Å². The van der Waals surface area contributed by atoms with Crippen molar-refractivity contribution in [1.82, 2.24) is 20.4 Å². The van der Waals surface area contributed by atoms with Gasteiger partial charge in [0.2, 0.25) is 11.8 Å². The molecular formula is C25H48N4O2. The Balaban J connectivity index is 2.06. The van der Waals surface area contributed by atoms with Crippen molar-refractivity contribution >= 4 is 11.8 Å². The fourth-order valence-corrected chi connectivity index (χ4v) is 6.58. The fourth-order valence-electron chi connectivity index (χ4n) is 6.58. The standard InChI is InChI=1S/C25H48N4O2/c1-18(30)28(20-14-22(3,4)26-23(5,6)15-20)12-11-13-29(19(2)31)21-16-24(7,8)27-25(9,10)17-21/h20-21,26-27H,11-17H2,1-10H3. The molecule has 0 unspecified atom stereocenters. The molecule has 0 aromatic heterocycles. The second kappa shape index (κ2) is 9.01. The van der Waals surface area contributed by atoms with Crippen molar-refractivity contribution in [2.75, 3.05) is 13.1 Å². The summed E-state index contributed by atoms with van der Waals surface area (Å²) in [6.45, 7) is 22.5. The van der Waals surface area contributed by atoms with Crippen LogP contribution in [0.3, 0.4) is 0 Å². The van der Waals surface area contributed by atoms with Crippen LogP contribution < -0.4 is 10.6 Å². The maximum Gasteiger partial charge on any atom is 0.219 e. The molecule has 6 nitrogen and oxygen atoms in total. The van der Waals surface area contributed by atoms with Gasteiger partial charge in [-0.25, -0.2) is 0 Å². The van der Waals surface area contributed by atoms with Crippen LogP contribution in [0.4, 0.5) is 0 Å². The van der Waals surface area contributed by atoms with E-state index in [-0.39, 0.29) is 46.1 Å². The fraction of sp³-hybridized carbons (Fsp3) is 0.920. The van der Waals surface area contributed by atoms with Crippen LogP contribution in [0.5, 0.6) is 0 Å². The van der Waals surface area contributed by atoms with Crippen molar-refractivity contribution < 1.29 is 9.59 Å². The number of nitrogens with one attached hydrogen (secondary N) is 2.